The molecule has 0 fully saturated rings. The van der Waals surface area contributed by atoms with Crippen LogP contribution >= 0.6 is 0 Å². The molecule has 1 atom stereocenters. The summed E-state index contributed by atoms with van der Waals surface area (Å²) in [7, 11) is 0. The fraction of sp³-hybridized carbons (Fsp3) is 0.600. The number of halogens is 3. The maximum Gasteiger partial charge on any atom is 0.573 e. The van der Waals surface area contributed by atoms with E-state index in [9.17, 15) is 13.2 Å². The molecule has 21 heavy (non-hydrogen) atoms. The Hall–Kier alpha value is -1.27. The molecule has 6 heteroatoms. The van der Waals surface area contributed by atoms with Gasteiger partial charge in [0.1, 0.15) is 5.75 Å². The number of benzene rings is 1. The molecule has 0 saturated heterocycles. The van der Waals surface area contributed by atoms with Crippen molar-refractivity contribution in [2.24, 2.45) is 0 Å². The molecule has 0 bridgehead atoms. The van der Waals surface area contributed by atoms with Crippen LogP contribution in [-0.2, 0) is 4.74 Å². The van der Waals surface area contributed by atoms with E-state index >= 15 is 0 Å². The molecular formula is C15H22F3NO2. The van der Waals surface area contributed by atoms with Gasteiger partial charge >= 0.3 is 6.36 Å². The van der Waals surface area contributed by atoms with Crippen molar-refractivity contribution in [3.63, 3.8) is 0 Å². The van der Waals surface area contributed by atoms with Gasteiger partial charge in [-0.25, -0.2) is 0 Å². The third-order valence-electron chi connectivity index (χ3n) is 2.96. The SMILES string of the molecule is CCNC(CCCOCC)c1ccccc1OC(F)(F)F. The highest BCUT2D eigenvalue weighted by Gasteiger charge is 2.32. The zero-order valence-electron chi connectivity index (χ0n) is 12.4. The van der Waals surface area contributed by atoms with E-state index in [1.165, 1.54) is 12.1 Å². The molecule has 1 aromatic carbocycles. The zero-order valence-corrected chi connectivity index (χ0v) is 12.4. The summed E-state index contributed by atoms with van der Waals surface area (Å²) in [5, 5.41) is 3.20. The number of alkyl halides is 3. The Kier molecular flexibility index (Phi) is 7.53. The molecule has 120 valence electrons. The predicted octanol–water partition coefficient (Wildman–Crippen LogP) is 4.05. The maximum atomic E-state index is 12.5. The van der Waals surface area contributed by atoms with E-state index in [2.05, 4.69) is 10.1 Å². The Morgan fingerprint density at radius 2 is 1.90 bits per heavy atom. The van der Waals surface area contributed by atoms with Crippen LogP contribution in [0.25, 0.3) is 0 Å². The van der Waals surface area contributed by atoms with Crippen molar-refractivity contribution < 1.29 is 22.6 Å². The summed E-state index contributed by atoms with van der Waals surface area (Å²) in [6.45, 7) is 5.73. The van der Waals surface area contributed by atoms with Gasteiger partial charge in [-0.2, -0.15) is 0 Å². The molecule has 0 saturated carbocycles. The molecule has 1 unspecified atom stereocenters. The third-order valence-corrected chi connectivity index (χ3v) is 2.96. The molecule has 0 amide bonds. The van der Waals surface area contributed by atoms with E-state index in [1.807, 2.05) is 13.8 Å². The largest absolute Gasteiger partial charge is 0.573 e. The van der Waals surface area contributed by atoms with Crippen molar-refractivity contribution in [3.05, 3.63) is 29.8 Å². The van der Waals surface area contributed by atoms with Crippen LogP contribution in [0.1, 0.15) is 38.3 Å². The van der Waals surface area contributed by atoms with Crippen molar-refractivity contribution in [1.82, 2.24) is 5.32 Å². The smallest absolute Gasteiger partial charge is 0.405 e. The molecule has 1 aromatic rings. The molecule has 1 N–H and O–H groups in total. The summed E-state index contributed by atoms with van der Waals surface area (Å²) in [6.07, 6.45) is -3.23. The molecule has 0 aliphatic carbocycles. The fourth-order valence-corrected chi connectivity index (χ4v) is 2.13. The van der Waals surface area contributed by atoms with Crippen LogP contribution < -0.4 is 10.1 Å². The van der Waals surface area contributed by atoms with Gasteiger partial charge < -0.3 is 14.8 Å². The van der Waals surface area contributed by atoms with Gasteiger partial charge in [0.05, 0.1) is 0 Å². The van der Waals surface area contributed by atoms with Crippen molar-refractivity contribution in [2.75, 3.05) is 19.8 Å². The van der Waals surface area contributed by atoms with E-state index in [0.717, 1.165) is 6.42 Å². The fourth-order valence-electron chi connectivity index (χ4n) is 2.13. The van der Waals surface area contributed by atoms with E-state index < -0.39 is 6.36 Å². The van der Waals surface area contributed by atoms with Gasteiger partial charge in [-0.15, -0.1) is 13.2 Å². The van der Waals surface area contributed by atoms with Gasteiger partial charge in [-0.3, -0.25) is 0 Å². The first-order chi connectivity index (χ1) is 9.98. The molecule has 0 heterocycles. The molecule has 0 spiro atoms. The number of rotatable bonds is 9. The molecule has 0 aliphatic heterocycles. The second-order valence-corrected chi connectivity index (χ2v) is 4.54. The minimum Gasteiger partial charge on any atom is -0.405 e. The average molecular weight is 305 g/mol. The average Bonchev–Trinajstić information content (AvgIpc) is 2.41. The molecule has 0 radical (unpaired) electrons. The van der Waals surface area contributed by atoms with Gasteiger partial charge in [0.25, 0.3) is 0 Å². The third kappa shape index (κ3) is 6.82. The standard InChI is InChI=1S/C15H22F3NO2/c1-3-19-13(9-7-11-20-4-2)12-8-5-6-10-14(12)21-15(16,17)18/h5-6,8,10,13,19H,3-4,7,9,11H2,1-2H3. The van der Waals surface area contributed by atoms with Crippen molar-refractivity contribution >= 4 is 0 Å². The van der Waals surface area contributed by atoms with Gasteiger partial charge in [0.2, 0.25) is 0 Å². The highest BCUT2D eigenvalue weighted by Crippen LogP contribution is 2.32. The van der Waals surface area contributed by atoms with Crippen LogP contribution in [0.15, 0.2) is 24.3 Å². The summed E-state index contributed by atoms with van der Waals surface area (Å²) in [6, 6.07) is 6.07. The predicted molar refractivity (Wildman–Crippen MR) is 75.3 cm³/mol. The number of ether oxygens (including phenoxy) is 2. The summed E-state index contributed by atoms with van der Waals surface area (Å²) in [4.78, 5) is 0. The lowest BCUT2D eigenvalue weighted by Gasteiger charge is -2.22. The number of hydrogen-bond acceptors (Lipinski definition) is 3. The van der Waals surface area contributed by atoms with Crippen LogP contribution in [0.2, 0.25) is 0 Å². The molecule has 3 nitrogen and oxygen atoms in total. The zero-order chi connectivity index (χ0) is 15.7. The monoisotopic (exact) mass is 305 g/mol. The Balaban J connectivity index is 2.81. The normalized spacial score (nSPS) is 13.2. The van der Waals surface area contributed by atoms with E-state index in [0.29, 0.717) is 31.7 Å². The minimum atomic E-state index is -4.68. The Bertz CT molecular complexity index is 410. The highest BCUT2D eigenvalue weighted by atomic mass is 19.4. The summed E-state index contributed by atoms with van der Waals surface area (Å²) in [5.41, 5.74) is 0.521. The van der Waals surface area contributed by atoms with Crippen molar-refractivity contribution in [2.45, 2.75) is 39.1 Å². The van der Waals surface area contributed by atoms with Crippen molar-refractivity contribution in [3.8, 4) is 5.75 Å². The Labute approximate surface area is 123 Å². The lowest BCUT2D eigenvalue weighted by atomic mass is 10.0. The molecule has 1 rings (SSSR count). The van der Waals surface area contributed by atoms with Crippen LogP contribution in [0.3, 0.4) is 0 Å². The van der Waals surface area contributed by atoms with E-state index in [4.69, 9.17) is 4.74 Å². The lowest BCUT2D eigenvalue weighted by molar-refractivity contribution is -0.275. The highest BCUT2D eigenvalue weighted by molar-refractivity contribution is 5.36. The second kappa shape index (κ2) is 8.89. The van der Waals surface area contributed by atoms with Crippen molar-refractivity contribution in [1.29, 1.82) is 0 Å². The van der Waals surface area contributed by atoms with Crippen LogP contribution in [0, 0.1) is 0 Å². The molecule has 0 aliphatic rings. The first kappa shape index (κ1) is 17.8. The van der Waals surface area contributed by atoms with E-state index in [1.54, 1.807) is 12.1 Å². The lowest BCUT2D eigenvalue weighted by Crippen LogP contribution is -2.24. The van der Waals surface area contributed by atoms with Gasteiger partial charge in [0, 0.05) is 24.8 Å². The summed E-state index contributed by atoms with van der Waals surface area (Å²) < 4.78 is 46.8. The van der Waals surface area contributed by atoms with Gasteiger partial charge in [-0.1, -0.05) is 25.1 Å². The van der Waals surface area contributed by atoms with Crippen LogP contribution in [0.5, 0.6) is 5.75 Å². The van der Waals surface area contributed by atoms with Gasteiger partial charge in [-0.05, 0) is 32.4 Å². The number of para-hydroxylation sites is 1. The van der Waals surface area contributed by atoms with Gasteiger partial charge in [0.15, 0.2) is 0 Å². The van der Waals surface area contributed by atoms with E-state index in [-0.39, 0.29) is 11.8 Å². The first-order valence-electron chi connectivity index (χ1n) is 7.13. The summed E-state index contributed by atoms with van der Waals surface area (Å²) in [5.74, 6) is -0.146. The Morgan fingerprint density at radius 3 is 2.52 bits per heavy atom. The topological polar surface area (TPSA) is 30.5 Å². The second-order valence-electron chi connectivity index (χ2n) is 4.54. The molecular weight excluding hydrogens is 283 g/mol. The van der Waals surface area contributed by atoms with Crippen LogP contribution in [-0.4, -0.2) is 26.1 Å². The van der Waals surface area contributed by atoms with Crippen LogP contribution in [0.4, 0.5) is 13.2 Å². The minimum absolute atomic E-state index is 0.146. The first-order valence-corrected chi connectivity index (χ1v) is 7.13. The quantitative estimate of drug-likeness (QED) is 0.698. The summed E-state index contributed by atoms with van der Waals surface area (Å²) >= 11 is 0. The maximum absolute atomic E-state index is 12.5. The number of hydrogen-bond donors (Lipinski definition) is 1. The number of nitrogens with one attached hydrogen (secondary N) is 1. The molecule has 0 aromatic heterocycles. The Morgan fingerprint density at radius 1 is 1.19 bits per heavy atom.